The number of thiazole rings is 1. The highest BCUT2D eigenvalue weighted by Gasteiger charge is 2.19. The van der Waals surface area contributed by atoms with Gasteiger partial charge in [0.25, 0.3) is 0 Å². The van der Waals surface area contributed by atoms with E-state index in [2.05, 4.69) is 10.3 Å². The average Bonchev–Trinajstić information content (AvgIpc) is 2.92. The van der Waals surface area contributed by atoms with Gasteiger partial charge in [-0.3, -0.25) is 0 Å². The van der Waals surface area contributed by atoms with Gasteiger partial charge in [-0.1, -0.05) is 12.1 Å². The van der Waals surface area contributed by atoms with Crippen molar-refractivity contribution in [2.75, 3.05) is 13.2 Å². The second-order valence-electron chi connectivity index (χ2n) is 4.11. The first-order chi connectivity index (χ1) is 8.92. The van der Waals surface area contributed by atoms with Crippen LogP contribution in [-0.4, -0.2) is 24.2 Å². The Morgan fingerprint density at radius 1 is 1.32 bits per heavy atom. The predicted molar refractivity (Wildman–Crippen MR) is 77.4 cm³/mol. The molecule has 2 heterocycles. The molecule has 1 aromatic carbocycles. The molecule has 0 amide bonds. The second-order valence-corrected chi connectivity index (χ2v) is 4.83. The normalized spacial score (nSPS) is 16.7. The number of nitrogens with one attached hydrogen (secondary N) is 1. The summed E-state index contributed by atoms with van der Waals surface area (Å²) in [5, 5.41) is 5.37. The average molecular weight is 299 g/mol. The molecule has 0 spiro atoms. The van der Waals surface area contributed by atoms with Crippen LogP contribution in [0.25, 0.3) is 0 Å². The summed E-state index contributed by atoms with van der Waals surface area (Å²) in [6.45, 7) is 2.11. The van der Waals surface area contributed by atoms with E-state index in [-0.39, 0.29) is 18.5 Å². The monoisotopic (exact) mass is 298 g/mol. The molecule has 1 aliphatic rings. The van der Waals surface area contributed by atoms with Crippen LogP contribution in [0.2, 0.25) is 0 Å². The Morgan fingerprint density at radius 2 is 2.16 bits per heavy atom. The minimum Gasteiger partial charge on any atom is -0.486 e. The molecular formula is C13H15ClN2O2S. The van der Waals surface area contributed by atoms with Crippen molar-refractivity contribution in [1.82, 2.24) is 10.3 Å². The van der Waals surface area contributed by atoms with Crippen LogP contribution >= 0.6 is 23.7 Å². The summed E-state index contributed by atoms with van der Waals surface area (Å²) >= 11 is 1.61. The number of aromatic nitrogens is 1. The van der Waals surface area contributed by atoms with Crippen LogP contribution in [-0.2, 0) is 6.54 Å². The van der Waals surface area contributed by atoms with Gasteiger partial charge in [0.05, 0.1) is 11.2 Å². The number of hydrogen-bond acceptors (Lipinski definition) is 5. The quantitative estimate of drug-likeness (QED) is 0.942. The second kappa shape index (κ2) is 6.75. The summed E-state index contributed by atoms with van der Waals surface area (Å²) in [6.07, 6.45) is 0.0542. The van der Waals surface area contributed by atoms with Gasteiger partial charge in [-0.2, -0.15) is 0 Å². The number of ether oxygens (including phenoxy) is 2. The van der Waals surface area contributed by atoms with E-state index in [0.29, 0.717) is 6.61 Å². The van der Waals surface area contributed by atoms with Crippen molar-refractivity contribution in [1.29, 1.82) is 0 Å². The Morgan fingerprint density at radius 3 is 2.95 bits per heavy atom. The third-order valence-corrected chi connectivity index (χ3v) is 3.36. The van der Waals surface area contributed by atoms with E-state index in [1.54, 1.807) is 11.3 Å². The molecular weight excluding hydrogens is 284 g/mol. The SMILES string of the molecule is Cl.c1ccc2c(c1)OCC(CNCc1cscn1)O2. The van der Waals surface area contributed by atoms with Gasteiger partial charge < -0.3 is 14.8 Å². The van der Waals surface area contributed by atoms with Crippen molar-refractivity contribution in [3.8, 4) is 11.5 Å². The summed E-state index contributed by atoms with van der Waals surface area (Å²) in [5.41, 5.74) is 2.91. The molecule has 19 heavy (non-hydrogen) atoms. The third kappa shape index (κ3) is 3.59. The molecule has 0 bridgehead atoms. The van der Waals surface area contributed by atoms with E-state index in [1.807, 2.05) is 35.2 Å². The molecule has 1 N–H and O–H groups in total. The van der Waals surface area contributed by atoms with E-state index in [1.165, 1.54) is 0 Å². The number of halogens is 1. The largest absolute Gasteiger partial charge is 0.486 e. The van der Waals surface area contributed by atoms with Crippen molar-refractivity contribution in [2.45, 2.75) is 12.6 Å². The molecule has 6 heteroatoms. The number of para-hydroxylation sites is 2. The summed E-state index contributed by atoms with van der Waals surface area (Å²) in [5.74, 6) is 1.65. The van der Waals surface area contributed by atoms with Crippen molar-refractivity contribution in [2.24, 2.45) is 0 Å². The summed E-state index contributed by atoms with van der Waals surface area (Å²) in [6, 6.07) is 7.76. The molecule has 1 aromatic heterocycles. The van der Waals surface area contributed by atoms with Gasteiger partial charge in [0.1, 0.15) is 12.7 Å². The molecule has 3 rings (SSSR count). The van der Waals surface area contributed by atoms with E-state index < -0.39 is 0 Å². The molecule has 4 nitrogen and oxygen atoms in total. The first-order valence-corrected chi connectivity index (χ1v) is 6.82. The summed E-state index contributed by atoms with van der Waals surface area (Å²) < 4.78 is 11.5. The van der Waals surface area contributed by atoms with E-state index in [0.717, 1.165) is 30.3 Å². The van der Waals surface area contributed by atoms with Gasteiger partial charge in [-0.05, 0) is 12.1 Å². The zero-order valence-electron chi connectivity index (χ0n) is 10.2. The first kappa shape index (κ1) is 14.1. The lowest BCUT2D eigenvalue weighted by Crippen LogP contribution is -2.38. The lowest BCUT2D eigenvalue weighted by molar-refractivity contribution is 0.0902. The van der Waals surface area contributed by atoms with Crippen molar-refractivity contribution >= 4 is 23.7 Å². The Labute approximate surface area is 122 Å². The van der Waals surface area contributed by atoms with E-state index in [9.17, 15) is 0 Å². The smallest absolute Gasteiger partial charge is 0.161 e. The molecule has 0 saturated carbocycles. The minimum absolute atomic E-state index is 0. The van der Waals surface area contributed by atoms with Crippen LogP contribution in [0.1, 0.15) is 5.69 Å². The van der Waals surface area contributed by atoms with Gasteiger partial charge in [0, 0.05) is 18.5 Å². The number of hydrogen-bond donors (Lipinski definition) is 1. The van der Waals surface area contributed by atoms with Crippen molar-refractivity contribution in [3.05, 3.63) is 40.8 Å². The van der Waals surface area contributed by atoms with Gasteiger partial charge >= 0.3 is 0 Å². The third-order valence-electron chi connectivity index (χ3n) is 2.73. The maximum atomic E-state index is 5.85. The van der Waals surface area contributed by atoms with Gasteiger partial charge in [0.15, 0.2) is 11.5 Å². The number of rotatable bonds is 4. The fourth-order valence-corrected chi connectivity index (χ4v) is 2.41. The zero-order valence-corrected chi connectivity index (χ0v) is 11.9. The van der Waals surface area contributed by atoms with Crippen LogP contribution in [0.4, 0.5) is 0 Å². The van der Waals surface area contributed by atoms with Gasteiger partial charge in [-0.15, -0.1) is 23.7 Å². The predicted octanol–water partition coefficient (Wildman–Crippen LogP) is 2.49. The van der Waals surface area contributed by atoms with Crippen molar-refractivity contribution < 1.29 is 9.47 Å². The molecule has 1 unspecified atom stereocenters. The Bertz CT molecular complexity index is 507. The van der Waals surface area contributed by atoms with Crippen LogP contribution in [0.15, 0.2) is 35.2 Å². The van der Waals surface area contributed by atoms with Crippen LogP contribution in [0.5, 0.6) is 11.5 Å². The maximum absolute atomic E-state index is 5.85. The molecule has 102 valence electrons. The molecule has 1 aliphatic heterocycles. The standard InChI is InChI=1S/C13H14N2O2S.ClH/c1-2-4-13-12(3-1)16-7-11(17-13)6-14-5-10-8-18-9-15-10;/h1-4,8-9,11,14H,5-7H2;1H. The Balaban J connectivity index is 0.00000133. The highest BCUT2D eigenvalue weighted by molar-refractivity contribution is 7.07. The highest BCUT2D eigenvalue weighted by Crippen LogP contribution is 2.30. The maximum Gasteiger partial charge on any atom is 0.161 e. The fraction of sp³-hybridized carbons (Fsp3) is 0.308. The van der Waals surface area contributed by atoms with Crippen LogP contribution in [0, 0.1) is 0 Å². The lowest BCUT2D eigenvalue weighted by Gasteiger charge is -2.26. The summed E-state index contributed by atoms with van der Waals surface area (Å²) in [4.78, 5) is 4.22. The lowest BCUT2D eigenvalue weighted by atomic mass is 10.2. The molecule has 1 atom stereocenters. The Kier molecular flexibility index (Phi) is 5.01. The molecule has 0 fully saturated rings. The van der Waals surface area contributed by atoms with Gasteiger partial charge in [-0.25, -0.2) is 4.98 Å². The topological polar surface area (TPSA) is 43.4 Å². The molecule has 0 saturated heterocycles. The number of nitrogens with zero attached hydrogens (tertiary/aromatic N) is 1. The van der Waals surface area contributed by atoms with Gasteiger partial charge in [0.2, 0.25) is 0 Å². The van der Waals surface area contributed by atoms with Crippen LogP contribution in [0.3, 0.4) is 0 Å². The molecule has 0 radical (unpaired) electrons. The minimum atomic E-state index is 0. The van der Waals surface area contributed by atoms with E-state index >= 15 is 0 Å². The summed E-state index contributed by atoms with van der Waals surface area (Å²) in [7, 11) is 0. The van der Waals surface area contributed by atoms with E-state index in [4.69, 9.17) is 9.47 Å². The van der Waals surface area contributed by atoms with Crippen LogP contribution < -0.4 is 14.8 Å². The zero-order chi connectivity index (χ0) is 12.2. The Hall–Kier alpha value is -1.30. The molecule has 2 aromatic rings. The fourth-order valence-electron chi connectivity index (χ4n) is 1.85. The highest BCUT2D eigenvalue weighted by atomic mass is 35.5. The number of benzene rings is 1. The number of fused-ring (bicyclic) bond motifs is 1. The van der Waals surface area contributed by atoms with Crippen molar-refractivity contribution in [3.63, 3.8) is 0 Å². The first-order valence-electron chi connectivity index (χ1n) is 5.88. The molecule has 0 aliphatic carbocycles.